The largest absolute Gasteiger partial charge is 0.467 e. The van der Waals surface area contributed by atoms with Gasteiger partial charge in [0.15, 0.2) is 0 Å². The minimum absolute atomic E-state index is 0.0774. The fourth-order valence-electron chi connectivity index (χ4n) is 6.83. The molecule has 1 aromatic rings. The molecule has 0 radical (unpaired) electrons. The molecule has 8 atom stereocenters. The lowest BCUT2D eigenvalue weighted by molar-refractivity contribution is -0.148. The number of methoxy groups -OCH3 is 1. The van der Waals surface area contributed by atoms with E-state index in [9.17, 15) is 27.6 Å². The van der Waals surface area contributed by atoms with Gasteiger partial charge in [0.05, 0.1) is 18.1 Å². The number of alkyl carbamates (subject to hydrolysis) is 1. The van der Waals surface area contributed by atoms with Crippen molar-refractivity contribution in [2.45, 2.75) is 101 Å². The lowest BCUT2D eigenvalue weighted by atomic mass is 9.85. The van der Waals surface area contributed by atoms with E-state index in [2.05, 4.69) is 26.6 Å². The third-order valence-corrected chi connectivity index (χ3v) is 11.5. The number of likely N-dealkylation sites (tertiary alicyclic amines) is 1. The van der Waals surface area contributed by atoms with E-state index in [0.29, 0.717) is 29.2 Å². The zero-order valence-electron chi connectivity index (χ0n) is 26.2. The molecule has 45 heavy (non-hydrogen) atoms. The van der Waals surface area contributed by atoms with E-state index in [1.165, 1.54) is 30.6 Å². The number of halogens is 1. The molecule has 2 N–H and O–H groups in total. The zero-order valence-corrected chi connectivity index (χ0v) is 28.6. The number of amides is 3. The number of hydrogen-bond donors (Lipinski definition) is 2. The number of nitrogens with zero attached hydrogens (tertiary/aromatic N) is 1. The molecule has 1 heterocycles. The summed E-state index contributed by atoms with van der Waals surface area (Å²) in [5.41, 5.74) is -2.01. The standard InChI is InChI=1S/C31H42BrN3O9S/c1-6-19-15-31(19,28(38)42-5)34-26(36)24-14-22(44-45(40,41)23-9-7-20(32)8-10-23)16-35(24)27(37)25(30(2,3)4)33-29(39)43-21-12-17-11-18(17)13-21/h7-10,17-19,21-22,24-25H,6,11-16H2,1-5H3,(H,33,39)(H,34,36)/t17-,18+,19-,21+,22-,24-,25+,31+/m0/s1. The van der Waals surface area contributed by atoms with Crippen LogP contribution >= 0.6 is 15.9 Å². The van der Waals surface area contributed by atoms with Gasteiger partial charge in [-0.1, -0.05) is 50.0 Å². The second-order valence-corrected chi connectivity index (χ2v) is 16.3. The molecule has 1 saturated heterocycles. The van der Waals surface area contributed by atoms with Crippen molar-refractivity contribution in [3.8, 4) is 0 Å². The van der Waals surface area contributed by atoms with Crippen molar-refractivity contribution >= 4 is 49.9 Å². The second kappa shape index (κ2) is 12.5. The molecule has 0 bridgehead atoms. The summed E-state index contributed by atoms with van der Waals surface area (Å²) in [6.45, 7) is 7.00. The van der Waals surface area contributed by atoms with Crippen molar-refractivity contribution in [1.29, 1.82) is 0 Å². The average molecular weight is 713 g/mol. The van der Waals surface area contributed by atoms with Crippen molar-refractivity contribution in [1.82, 2.24) is 15.5 Å². The van der Waals surface area contributed by atoms with Gasteiger partial charge in [0.2, 0.25) is 11.8 Å². The molecule has 4 aliphatic rings. The van der Waals surface area contributed by atoms with Gasteiger partial charge in [-0.15, -0.1) is 0 Å². The van der Waals surface area contributed by atoms with Gasteiger partial charge in [-0.25, -0.2) is 9.59 Å². The Morgan fingerprint density at radius 1 is 1.04 bits per heavy atom. The monoisotopic (exact) mass is 711 g/mol. The van der Waals surface area contributed by atoms with Gasteiger partial charge in [-0.2, -0.15) is 8.42 Å². The fraction of sp³-hybridized carbons (Fsp3) is 0.677. The Hall–Kier alpha value is -2.71. The number of benzene rings is 1. The predicted molar refractivity (Wildman–Crippen MR) is 165 cm³/mol. The molecule has 0 unspecified atom stereocenters. The van der Waals surface area contributed by atoms with Gasteiger partial charge in [0.25, 0.3) is 10.1 Å². The summed E-state index contributed by atoms with van der Waals surface area (Å²) < 4.78 is 43.2. The van der Waals surface area contributed by atoms with Crippen LogP contribution in [-0.2, 0) is 38.2 Å². The number of carbonyl (C=O) groups is 4. The number of carbonyl (C=O) groups excluding carboxylic acids is 4. The number of rotatable bonds is 10. The second-order valence-electron chi connectivity index (χ2n) is 13.8. The lowest BCUT2D eigenvalue weighted by Gasteiger charge is -2.35. The lowest BCUT2D eigenvalue weighted by Crippen LogP contribution is -2.59. The Morgan fingerprint density at radius 3 is 2.24 bits per heavy atom. The van der Waals surface area contributed by atoms with Gasteiger partial charge >= 0.3 is 12.1 Å². The van der Waals surface area contributed by atoms with Crippen molar-refractivity contribution in [2.24, 2.45) is 23.2 Å². The van der Waals surface area contributed by atoms with Crippen LogP contribution in [0, 0.1) is 23.2 Å². The Labute approximate surface area is 272 Å². The summed E-state index contributed by atoms with van der Waals surface area (Å²) in [6, 6.07) is 3.63. The zero-order chi connectivity index (χ0) is 32.9. The van der Waals surface area contributed by atoms with E-state index in [4.69, 9.17) is 13.7 Å². The van der Waals surface area contributed by atoms with Crippen molar-refractivity contribution in [2.75, 3.05) is 13.7 Å². The molecule has 5 rings (SSSR count). The smallest absolute Gasteiger partial charge is 0.408 e. The Kier molecular flexibility index (Phi) is 9.33. The minimum atomic E-state index is -4.25. The maximum absolute atomic E-state index is 14.2. The highest BCUT2D eigenvalue weighted by atomic mass is 79.9. The van der Waals surface area contributed by atoms with Gasteiger partial charge in [-0.3, -0.25) is 13.8 Å². The summed E-state index contributed by atoms with van der Waals surface area (Å²) >= 11 is 3.28. The van der Waals surface area contributed by atoms with E-state index in [0.717, 1.165) is 12.8 Å². The van der Waals surface area contributed by atoms with Crippen LogP contribution in [0.1, 0.15) is 66.2 Å². The van der Waals surface area contributed by atoms with E-state index in [1.54, 1.807) is 32.9 Å². The molecule has 14 heteroatoms. The number of hydrogen-bond acceptors (Lipinski definition) is 9. The molecular formula is C31H42BrN3O9S. The summed E-state index contributed by atoms with van der Waals surface area (Å²) in [4.78, 5) is 54.9. The van der Waals surface area contributed by atoms with Crippen LogP contribution < -0.4 is 10.6 Å². The number of ether oxygens (including phenoxy) is 2. The van der Waals surface area contributed by atoms with Crippen molar-refractivity contribution < 1.29 is 41.3 Å². The normalized spacial score (nSPS) is 31.0. The highest BCUT2D eigenvalue weighted by molar-refractivity contribution is 9.10. The summed E-state index contributed by atoms with van der Waals surface area (Å²) in [5.74, 6) is -0.725. The molecule has 1 aromatic carbocycles. The van der Waals surface area contributed by atoms with Crippen molar-refractivity contribution in [3.05, 3.63) is 28.7 Å². The average Bonchev–Trinajstić information content (AvgIpc) is 3.78. The maximum atomic E-state index is 14.2. The number of nitrogens with one attached hydrogen (secondary N) is 2. The quantitative estimate of drug-likeness (QED) is 0.274. The Balaban J connectivity index is 1.37. The summed E-state index contributed by atoms with van der Waals surface area (Å²) in [7, 11) is -3.00. The molecular weight excluding hydrogens is 670 g/mol. The van der Waals surface area contributed by atoms with Gasteiger partial charge < -0.3 is 25.0 Å². The molecule has 0 spiro atoms. The highest BCUT2D eigenvalue weighted by Gasteiger charge is 2.62. The van der Waals surface area contributed by atoms with Crippen LogP contribution in [0.25, 0.3) is 0 Å². The first-order valence-corrected chi connectivity index (χ1v) is 17.6. The van der Waals surface area contributed by atoms with E-state index >= 15 is 0 Å². The van der Waals surface area contributed by atoms with E-state index in [1.807, 2.05) is 6.92 Å². The fourth-order valence-corrected chi connectivity index (χ4v) is 8.17. The molecule has 3 saturated carbocycles. The van der Waals surface area contributed by atoms with Crippen LogP contribution in [0.4, 0.5) is 4.79 Å². The molecule has 248 valence electrons. The third kappa shape index (κ3) is 7.17. The van der Waals surface area contributed by atoms with Crippen LogP contribution in [0.5, 0.6) is 0 Å². The molecule has 3 aliphatic carbocycles. The first-order chi connectivity index (χ1) is 21.1. The number of esters is 1. The van der Waals surface area contributed by atoms with Gasteiger partial charge in [0.1, 0.15) is 23.7 Å². The SMILES string of the molecule is CC[C@H]1C[C@]1(NC(=O)[C@@H]1C[C@H](OS(=O)(=O)c2ccc(Br)cc2)CN1C(=O)[C@@H](NC(=O)O[C@@H]1C[C@@H]2C[C@@H]2C1)C(C)(C)C)C(=O)OC. The van der Waals surface area contributed by atoms with Gasteiger partial charge in [0, 0.05) is 17.4 Å². The predicted octanol–water partition coefficient (Wildman–Crippen LogP) is 3.52. The first kappa shape index (κ1) is 33.6. The molecule has 12 nitrogen and oxygen atoms in total. The van der Waals surface area contributed by atoms with Crippen LogP contribution in [0.2, 0.25) is 0 Å². The molecule has 1 aliphatic heterocycles. The summed E-state index contributed by atoms with van der Waals surface area (Å²) in [5, 5.41) is 5.54. The molecule has 0 aromatic heterocycles. The Morgan fingerprint density at radius 2 is 1.69 bits per heavy atom. The van der Waals surface area contributed by atoms with Crippen LogP contribution in [0.3, 0.4) is 0 Å². The van der Waals surface area contributed by atoms with E-state index < -0.39 is 63.1 Å². The van der Waals surface area contributed by atoms with Crippen LogP contribution in [0.15, 0.2) is 33.6 Å². The number of fused-ring (bicyclic) bond motifs is 1. The van der Waals surface area contributed by atoms with Gasteiger partial charge in [-0.05, 0) is 73.1 Å². The van der Waals surface area contributed by atoms with Crippen molar-refractivity contribution in [3.63, 3.8) is 0 Å². The minimum Gasteiger partial charge on any atom is -0.467 e. The maximum Gasteiger partial charge on any atom is 0.408 e. The topological polar surface area (TPSA) is 157 Å². The molecule has 4 fully saturated rings. The molecule has 3 amide bonds. The highest BCUT2D eigenvalue weighted by Crippen LogP contribution is 2.52. The third-order valence-electron chi connectivity index (χ3n) is 9.56. The first-order valence-electron chi connectivity index (χ1n) is 15.4. The summed E-state index contributed by atoms with van der Waals surface area (Å²) in [6.07, 6.45) is 1.69. The van der Waals surface area contributed by atoms with Crippen LogP contribution in [-0.4, -0.2) is 80.7 Å². The van der Waals surface area contributed by atoms with E-state index in [-0.39, 0.29) is 29.9 Å². The Bertz CT molecular complexity index is 1440.